The van der Waals surface area contributed by atoms with Crippen LogP contribution in [0.25, 0.3) is 0 Å². The van der Waals surface area contributed by atoms with Crippen LogP contribution in [-0.2, 0) is 17.8 Å². The molecule has 2 aliphatic heterocycles. The van der Waals surface area contributed by atoms with Crippen molar-refractivity contribution < 1.29 is 9.90 Å². The third kappa shape index (κ3) is 4.12. The van der Waals surface area contributed by atoms with Gasteiger partial charge in [-0.1, -0.05) is 0 Å². The molecule has 0 unspecified atom stereocenters. The SMILES string of the molecule is C[C@H](O)CN1CCN(CC(=O)N2CCc3sccc3C2)[C@H](C)C1. The Kier molecular flexibility index (Phi) is 5.36. The second kappa shape index (κ2) is 7.30. The maximum atomic E-state index is 12.6. The van der Waals surface area contributed by atoms with Crippen molar-refractivity contribution in [2.24, 2.45) is 0 Å². The Morgan fingerprint density at radius 1 is 1.43 bits per heavy atom. The summed E-state index contributed by atoms with van der Waals surface area (Å²) in [5, 5.41) is 11.6. The van der Waals surface area contributed by atoms with Gasteiger partial charge in [0.1, 0.15) is 0 Å². The lowest BCUT2D eigenvalue weighted by Gasteiger charge is -2.40. The maximum Gasteiger partial charge on any atom is 0.237 e. The van der Waals surface area contributed by atoms with Crippen LogP contribution in [0.4, 0.5) is 0 Å². The number of piperazine rings is 1. The smallest absolute Gasteiger partial charge is 0.237 e. The third-order valence-corrected chi connectivity index (χ3v) is 5.89. The largest absolute Gasteiger partial charge is 0.392 e. The molecule has 2 aliphatic rings. The zero-order valence-corrected chi connectivity index (χ0v) is 14.9. The summed E-state index contributed by atoms with van der Waals surface area (Å²) in [7, 11) is 0. The van der Waals surface area contributed by atoms with Gasteiger partial charge in [0, 0.05) is 50.2 Å². The van der Waals surface area contributed by atoms with E-state index in [1.165, 1.54) is 10.4 Å². The normalized spacial score (nSPS) is 24.5. The van der Waals surface area contributed by atoms with E-state index in [2.05, 4.69) is 28.2 Å². The van der Waals surface area contributed by atoms with Crippen LogP contribution in [0.1, 0.15) is 24.3 Å². The average Bonchev–Trinajstić information content (AvgIpc) is 2.96. The van der Waals surface area contributed by atoms with E-state index < -0.39 is 0 Å². The van der Waals surface area contributed by atoms with E-state index in [9.17, 15) is 9.90 Å². The standard InChI is InChI=1S/C17H27N3O2S/c1-13-9-18(10-14(2)21)6-7-19(13)12-17(22)20-5-3-16-15(11-20)4-8-23-16/h4,8,13-14,21H,3,5-7,9-12H2,1-2H3/t13-,14+/m1/s1. The van der Waals surface area contributed by atoms with Crippen LogP contribution < -0.4 is 0 Å². The van der Waals surface area contributed by atoms with Crippen LogP contribution in [0.5, 0.6) is 0 Å². The van der Waals surface area contributed by atoms with Crippen molar-refractivity contribution in [1.82, 2.24) is 14.7 Å². The van der Waals surface area contributed by atoms with Crippen molar-refractivity contribution in [3.63, 3.8) is 0 Å². The molecule has 128 valence electrons. The number of carbonyl (C=O) groups excluding carboxylic acids is 1. The molecule has 0 spiro atoms. The van der Waals surface area contributed by atoms with Crippen molar-refractivity contribution >= 4 is 17.2 Å². The van der Waals surface area contributed by atoms with E-state index >= 15 is 0 Å². The van der Waals surface area contributed by atoms with Gasteiger partial charge in [-0.05, 0) is 37.3 Å². The highest BCUT2D eigenvalue weighted by atomic mass is 32.1. The van der Waals surface area contributed by atoms with Gasteiger partial charge < -0.3 is 10.0 Å². The lowest BCUT2D eigenvalue weighted by Crippen LogP contribution is -2.55. The Balaban J connectivity index is 1.51. The van der Waals surface area contributed by atoms with Gasteiger partial charge in [-0.15, -0.1) is 11.3 Å². The molecule has 1 aromatic heterocycles. The summed E-state index contributed by atoms with van der Waals surface area (Å²) < 4.78 is 0. The molecule has 5 nitrogen and oxygen atoms in total. The van der Waals surface area contributed by atoms with Gasteiger partial charge in [-0.25, -0.2) is 0 Å². The average molecular weight is 337 g/mol. The number of aliphatic hydroxyl groups excluding tert-OH is 1. The topological polar surface area (TPSA) is 47.0 Å². The van der Waals surface area contributed by atoms with Gasteiger partial charge in [0.15, 0.2) is 0 Å². The summed E-state index contributed by atoms with van der Waals surface area (Å²) in [4.78, 5) is 20.6. The molecule has 0 radical (unpaired) electrons. The lowest BCUT2D eigenvalue weighted by atomic mass is 10.1. The highest BCUT2D eigenvalue weighted by molar-refractivity contribution is 7.10. The van der Waals surface area contributed by atoms with E-state index in [1.54, 1.807) is 11.3 Å². The molecule has 0 aromatic carbocycles. The minimum Gasteiger partial charge on any atom is -0.392 e. The number of carbonyl (C=O) groups is 1. The number of aliphatic hydroxyl groups is 1. The van der Waals surface area contributed by atoms with Crippen LogP contribution in [0, 0.1) is 0 Å². The Hall–Kier alpha value is -0.950. The van der Waals surface area contributed by atoms with Gasteiger partial charge >= 0.3 is 0 Å². The number of fused-ring (bicyclic) bond motifs is 1. The van der Waals surface area contributed by atoms with Crippen molar-refractivity contribution in [2.75, 3.05) is 39.3 Å². The first-order chi connectivity index (χ1) is 11.0. The molecule has 1 fully saturated rings. The minimum absolute atomic E-state index is 0.248. The van der Waals surface area contributed by atoms with Gasteiger partial charge in [0.05, 0.1) is 12.6 Å². The highest BCUT2D eigenvalue weighted by Crippen LogP contribution is 2.24. The first-order valence-electron chi connectivity index (χ1n) is 8.50. The predicted octanol–water partition coefficient (Wildman–Crippen LogP) is 1.02. The highest BCUT2D eigenvalue weighted by Gasteiger charge is 2.28. The molecule has 23 heavy (non-hydrogen) atoms. The van der Waals surface area contributed by atoms with Gasteiger partial charge in [-0.2, -0.15) is 0 Å². The monoisotopic (exact) mass is 337 g/mol. The van der Waals surface area contributed by atoms with Gasteiger partial charge in [0.2, 0.25) is 5.91 Å². The zero-order valence-electron chi connectivity index (χ0n) is 14.1. The van der Waals surface area contributed by atoms with Crippen molar-refractivity contribution in [3.05, 3.63) is 21.9 Å². The molecule has 2 atom stereocenters. The third-order valence-electron chi connectivity index (χ3n) is 4.87. The Morgan fingerprint density at radius 3 is 3.00 bits per heavy atom. The predicted molar refractivity (Wildman–Crippen MR) is 92.6 cm³/mol. The van der Waals surface area contributed by atoms with E-state index in [1.807, 2.05) is 11.8 Å². The number of nitrogens with zero attached hydrogens (tertiary/aromatic N) is 3. The second-order valence-electron chi connectivity index (χ2n) is 6.86. The van der Waals surface area contributed by atoms with Gasteiger partial charge in [0.25, 0.3) is 0 Å². The summed E-state index contributed by atoms with van der Waals surface area (Å²) in [5.41, 5.74) is 1.32. The molecule has 3 heterocycles. The number of amides is 1. The quantitative estimate of drug-likeness (QED) is 0.891. The molecule has 1 N–H and O–H groups in total. The van der Waals surface area contributed by atoms with Crippen LogP contribution in [0.2, 0.25) is 0 Å². The molecule has 3 rings (SSSR count). The second-order valence-corrected chi connectivity index (χ2v) is 7.86. The van der Waals surface area contributed by atoms with Crippen molar-refractivity contribution in [3.8, 4) is 0 Å². The molecular weight excluding hydrogens is 310 g/mol. The van der Waals surface area contributed by atoms with Gasteiger partial charge in [-0.3, -0.25) is 14.6 Å². The molecule has 6 heteroatoms. The lowest BCUT2D eigenvalue weighted by molar-refractivity contribution is -0.134. The fourth-order valence-electron chi connectivity index (χ4n) is 3.58. The van der Waals surface area contributed by atoms with Crippen LogP contribution >= 0.6 is 11.3 Å². The first-order valence-corrected chi connectivity index (χ1v) is 9.38. The number of rotatable bonds is 4. The van der Waals surface area contributed by atoms with E-state index in [-0.39, 0.29) is 12.0 Å². The fraction of sp³-hybridized carbons (Fsp3) is 0.706. The Morgan fingerprint density at radius 2 is 2.26 bits per heavy atom. The fourth-order valence-corrected chi connectivity index (χ4v) is 4.47. The van der Waals surface area contributed by atoms with E-state index in [4.69, 9.17) is 0 Å². The maximum absolute atomic E-state index is 12.6. The Labute approximate surface area is 142 Å². The summed E-state index contributed by atoms with van der Waals surface area (Å²) in [6, 6.07) is 2.50. The summed E-state index contributed by atoms with van der Waals surface area (Å²) >= 11 is 1.81. The first kappa shape index (κ1) is 16.9. The number of thiophene rings is 1. The molecule has 1 amide bonds. The van der Waals surface area contributed by atoms with E-state index in [0.29, 0.717) is 12.6 Å². The summed E-state index contributed by atoms with van der Waals surface area (Å²) in [6.07, 6.45) is 0.708. The van der Waals surface area contributed by atoms with Crippen LogP contribution in [0.15, 0.2) is 11.4 Å². The summed E-state index contributed by atoms with van der Waals surface area (Å²) in [6.45, 7) is 9.62. The molecule has 0 bridgehead atoms. The number of β-amino-alcohol motifs (C(OH)–C–C–N with tert-alkyl or cyclic N) is 1. The molecule has 0 saturated carbocycles. The molecule has 0 aliphatic carbocycles. The van der Waals surface area contributed by atoms with Crippen LogP contribution in [0.3, 0.4) is 0 Å². The number of hydrogen-bond acceptors (Lipinski definition) is 5. The van der Waals surface area contributed by atoms with Crippen LogP contribution in [-0.4, -0.2) is 77.1 Å². The minimum atomic E-state index is -0.288. The van der Waals surface area contributed by atoms with Crippen molar-refractivity contribution in [1.29, 1.82) is 0 Å². The molecule has 1 saturated heterocycles. The van der Waals surface area contributed by atoms with Crippen molar-refractivity contribution in [2.45, 2.75) is 39.0 Å². The van der Waals surface area contributed by atoms with E-state index in [0.717, 1.165) is 45.7 Å². The zero-order chi connectivity index (χ0) is 16.4. The summed E-state index contributed by atoms with van der Waals surface area (Å²) in [5.74, 6) is 0.248. The molecule has 1 aromatic rings. The number of hydrogen-bond donors (Lipinski definition) is 1. The Bertz CT molecular complexity index is 546. The molecular formula is C17H27N3O2S.